The average Bonchev–Trinajstić information content (AvgIpc) is 2.38. The van der Waals surface area contributed by atoms with Crippen molar-refractivity contribution < 1.29 is 9.84 Å². The number of benzene rings is 1. The number of aliphatic hydroxyl groups is 1. The summed E-state index contributed by atoms with van der Waals surface area (Å²) in [6, 6.07) is 7.85. The number of pyridine rings is 1. The number of anilines is 1. The second-order valence-corrected chi connectivity index (χ2v) is 4.20. The zero-order valence-corrected chi connectivity index (χ0v) is 10.7. The molecule has 2 aromatic rings. The monoisotopic (exact) mass is 246 g/mol. The third kappa shape index (κ3) is 2.71. The lowest BCUT2D eigenvalue weighted by molar-refractivity contribution is 0.292. The standard InChI is InChI=1S/C14H18N2O2/c1-10-8-14(15-6-3-7-17)12-9-11(18-2)4-5-13(12)16-10/h4-5,8-9,17H,3,6-7H2,1-2H3,(H,15,16). The topological polar surface area (TPSA) is 54.4 Å². The maximum atomic E-state index is 8.82. The van der Waals surface area contributed by atoms with Crippen molar-refractivity contribution in [2.45, 2.75) is 13.3 Å². The van der Waals surface area contributed by atoms with Gasteiger partial charge in [-0.05, 0) is 37.6 Å². The van der Waals surface area contributed by atoms with Crippen LogP contribution in [0.4, 0.5) is 5.69 Å². The summed E-state index contributed by atoms with van der Waals surface area (Å²) in [5, 5.41) is 13.2. The molecule has 2 rings (SSSR count). The van der Waals surface area contributed by atoms with E-state index in [1.165, 1.54) is 0 Å². The zero-order chi connectivity index (χ0) is 13.0. The maximum absolute atomic E-state index is 8.82. The van der Waals surface area contributed by atoms with Crippen LogP contribution in [0, 0.1) is 6.92 Å². The summed E-state index contributed by atoms with van der Waals surface area (Å²) in [6.07, 6.45) is 0.729. The number of hydrogen-bond donors (Lipinski definition) is 2. The minimum Gasteiger partial charge on any atom is -0.497 e. The number of fused-ring (bicyclic) bond motifs is 1. The van der Waals surface area contributed by atoms with Gasteiger partial charge in [0.25, 0.3) is 0 Å². The molecule has 0 amide bonds. The molecule has 96 valence electrons. The van der Waals surface area contributed by atoms with Crippen LogP contribution in [0.1, 0.15) is 12.1 Å². The first-order valence-corrected chi connectivity index (χ1v) is 6.04. The molecule has 4 heteroatoms. The lowest BCUT2D eigenvalue weighted by Gasteiger charge is -2.11. The van der Waals surface area contributed by atoms with E-state index in [2.05, 4.69) is 10.3 Å². The van der Waals surface area contributed by atoms with Crippen molar-refractivity contribution >= 4 is 16.6 Å². The molecule has 4 nitrogen and oxygen atoms in total. The highest BCUT2D eigenvalue weighted by Crippen LogP contribution is 2.27. The van der Waals surface area contributed by atoms with Crippen LogP contribution in [0.25, 0.3) is 10.9 Å². The number of methoxy groups -OCH3 is 1. The molecule has 2 N–H and O–H groups in total. The smallest absolute Gasteiger partial charge is 0.119 e. The number of hydrogen-bond acceptors (Lipinski definition) is 4. The largest absolute Gasteiger partial charge is 0.497 e. The maximum Gasteiger partial charge on any atom is 0.119 e. The Kier molecular flexibility index (Phi) is 3.99. The van der Waals surface area contributed by atoms with E-state index < -0.39 is 0 Å². The summed E-state index contributed by atoms with van der Waals surface area (Å²) in [4.78, 5) is 4.50. The van der Waals surface area contributed by atoms with Gasteiger partial charge in [0.15, 0.2) is 0 Å². The van der Waals surface area contributed by atoms with E-state index in [9.17, 15) is 0 Å². The van der Waals surface area contributed by atoms with E-state index in [1.54, 1.807) is 7.11 Å². The van der Waals surface area contributed by atoms with Gasteiger partial charge in [-0.25, -0.2) is 0 Å². The Bertz CT molecular complexity index is 541. The molecule has 1 aromatic heterocycles. The van der Waals surface area contributed by atoms with Gasteiger partial charge in [-0.2, -0.15) is 0 Å². The lowest BCUT2D eigenvalue weighted by atomic mass is 10.1. The van der Waals surface area contributed by atoms with Crippen LogP contribution in [-0.4, -0.2) is 30.4 Å². The molecule has 0 fully saturated rings. The Hall–Kier alpha value is -1.81. The quantitative estimate of drug-likeness (QED) is 0.795. The van der Waals surface area contributed by atoms with Crippen LogP contribution >= 0.6 is 0 Å². The highest BCUT2D eigenvalue weighted by atomic mass is 16.5. The molecule has 0 radical (unpaired) electrons. The molecule has 0 aliphatic rings. The van der Waals surface area contributed by atoms with Gasteiger partial charge in [0, 0.05) is 29.9 Å². The van der Waals surface area contributed by atoms with Crippen LogP contribution in [0.3, 0.4) is 0 Å². The fraction of sp³-hybridized carbons (Fsp3) is 0.357. The number of rotatable bonds is 5. The van der Waals surface area contributed by atoms with Crippen molar-refractivity contribution in [2.75, 3.05) is 25.6 Å². The Morgan fingerprint density at radius 2 is 2.17 bits per heavy atom. The predicted octanol–water partition coefficient (Wildman–Crippen LogP) is 2.35. The molecule has 0 aliphatic carbocycles. The van der Waals surface area contributed by atoms with Gasteiger partial charge >= 0.3 is 0 Å². The van der Waals surface area contributed by atoms with E-state index in [0.29, 0.717) is 0 Å². The van der Waals surface area contributed by atoms with E-state index in [0.717, 1.165) is 41.0 Å². The third-order valence-corrected chi connectivity index (χ3v) is 2.79. The second kappa shape index (κ2) is 5.69. The van der Waals surface area contributed by atoms with Crippen molar-refractivity contribution in [1.82, 2.24) is 4.98 Å². The van der Waals surface area contributed by atoms with Crippen molar-refractivity contribution in [3.8, 4) is 5.75 Å². The molecule has 0 saturated heterocycles. The summed E-state index contributed by atoms with van der Waals surface area (Å²) < 4.78 is 5.24. The van der Waals surface area contributed by atoms with Crippen molar-refractivity contribution in [1.29, 1.82) is 0 Å². The van der Waals surface area contributed by atoms with Crippen molar-refractivity contribution in [3.05, 3.63) is 30.0 Å². The van der Waals surface area contributed by atoms with Crippen LogP contribution < -0.4 is 10.1 Å². The number of aryl methyl sites for hydroxylation is 1. The highest BCUT2D eigenvalue weighted by Gasteiger charge is 2.05. The number of nitrogens with zero attached hydrogens (tertiary/aromatic N) is 1. The molecule has 0 aliphatic heterocycles. The molecule has 1 heterocycles. The molecule has 0 atom stereocenters. The average molecular weight is 246 g/mol. The highest BCUT2D eigenvalue weighted by molar-refractivity contribution is 5.92. The lowest BCUT2D eigenvalue weighted by Crippen LogP contribution is -2.04. The number of ether oxygens (including phenoxy) is 1. The number of aromatic nitrogens is 1. The Morgan fingerprint density at radius 1 is 1.33 bits per heavy atom. The van der Waals surface area contributed by atoms with Gasteiger partial charge in [0.1, 0.15) is 5.75 Å². The van der Waals surface area contributed by atoms with E-state index in [1.807, 2.05) is 31.2 Å². The Morgan fingerprint density at radius 3 is 2.89 bits per heavy atom. The third-order valence-electron chi connectivity index (χ3n) is 2.79. The van der Waals surface area contributed by atoms with E-state index >= 15 is 0 Å². The van der Waals surface area contributed by atoms with E-state index in [4.69, 9.17) is 9.84 Å². The molecular formula is C14H18N2O2. The SMILES string of the molecule is COc1ccc2nc(C)cc(NCCCO)c2c1. The Labute approximate surface area is 107 Å². The molecule has 0 spiro atoms. The van der Waals surface area contributed by atoms with Crippen LogP contribution in [0.2, 0.25) is 0 Å². The fourth-order valence-corrected chi connectivity index (χ4v) is 1.91. The summed E-state index contributed by atoms with van der Waals surface area (Å²) in [6.45, 7) is 2.91. The van der Waals surface area contributed by atoms with Gasteiger partial charge in [-0.15, -0.1) is 0 Å². The molecule has 0 unspecified atom stereocenters. The zero-order valence-electron chi connectivity index (χ0n) is 10.7. The minimum absolute atomic E-state index is 0.193. The summed E-state index contributed by atoms with van der Waals surface area (Å²) in [5.74, 6) is 0.818. The summed E-state index contributed by atoms with van der Waals surface area (Å²) >= 11 is 0. The summed E-state index contributed by atoms with van der Waals surface area (Å²) in [7, 11) is 1.65. The Balaban J connectivity index is 2.41. The first-order chi connectivity index (χ1) is 8.74. The van der Waals surface area contributed by atoms with Crippen LogP contribution in [0.5, 0.6) is 5.75 Å². The molecular weight excluding hydrogens is 228 g/mol. The molecule has 18 heavy (non-hydrogen) atoms. The van der Waals surface area contributed by atoms with Gasteiger partial charge in [-0.1, -0.05) is 0 Å². The first kappa shape index (κ1) is 12.6. The molecule has 0 saturated carbocycles. The minimum atomic E-state index is 0.193. The summed E-state index contributed by atoms with van der Waals surface area (Å²) in [5.41, 5.74) is 2.95. The first-order valence-electron chi connectivity index (χ1n) is 6.04. The number of nitrogens with one attached hydrogen (secondary N) is 1. The van der Waals surface area contributed by atoms with Gasteiger partial charge < -0.3 is 15.2 Å². The second-order valence-electron chi connectivity index (χ2n) is 4.20. The van der Waals surface area contributed by atoms with Gasteiger partial charge in [0.2, 0.25) is 0 Å². The molecule has 0 bridgehead atoms. The fourth-order valence-electron chi connectivity index (χ4n) is 1.91. The predicted molar refractivity (Wildman–Crippen MR) is 73.2 cm³/mol. The van der Waals surface area contributed by atoms with Crippen LogP contribution in [0.15, 0.2) is 24.3 Å². The van der Waals surface area contributed by atoms with Gasteiger partial charge in [-0.3, -0.25) is 4.98 Å². The number of aliphatic hydroxyl groups excluding tert-OH is 1. The van der Waals surface area contributed by atoms with Crippen LogP contribution in [-0.2, 0) is 0 Å². The van der Waals surface area contributed by atoms with Crippen molar-refractivity contribution in [2.24, 2.45) is 0 Å². The molecule has 1 aromatic carbocycles. The van der Waals surface area contributed by atoms with Crippen molar-refractivity contribution in [3.63, 3.8) is 0 Å². The van der Waals surface area contributed by atoms with Gasteiger partial charge in [0.05, 0.1) is 12.6 Å². The van der Waals surface area contributed by atoms with E-state index in [-0.39, 0.29) is 6.61 Å². The normalized spacial score (nSPS) is 10.6.